The smallest absolute Gasteiger partial charge is 0.0545 e. The molecule has 0 aliphatic rings. The van der Waals surface area contributed by atoms with E-state index in [9.17, 15) is 5.11 Å². The van der Waals surface area contributed by atoms with Crippen LogP contribution in [-0.2, 0) is 0 Å². The Bertz CT molecular complexity index is 170. The first-order valence-corrected chi connectivity index (χ1v) is 6.44. The Hall–Kier alpha value is 0.250. The maximum absolute atomic E-state index is 9.88. The van der Waals surface area contributed by atoms with Crippen LogP contribution in [0.4, 0.5) is 0 Å². The maximum Gasteiger partial charge on any atom is 0.0545 e. The Kier molecular flexibility index (Phi) is 6.20. The van der Waals surface area contributed by atoms with E-state index in [1.807, 2.05) is 0 Å². The number of hydrogen-bond acceptors (Lipinski definition) is 1. The molecule has 0 aliphatic carbocycles. The van der Waals surface area contributed by atoms with Gasteiger partial charge in [-0.2, -0.15) is 0 Å². The Morgan fingerprint density at radius 1 is 1.07 bits per heavy atom. The quantitative estimate of drug-likeness (QED) is 0.683. The highest BCUT2D eigenvalue weighted by Gasteiger charge is 2.21. The second-order valence-electron chi connectivity index (χ2n) is 6.56. The summed E-state index contributed by atoms with van der Waals surface area (Å²) in [5, 5.41) is 9.88. The molecule has 0 rings (SSSR count). The highest BCUT2D eigenvalue weighted by Crippen LogP contribution is 2.30. The van der Waals surface area contributed by atoms with Gasteiger partial charge in [0, 0.05) is 5.88 Å². The van der Waals surface area contributed by atoms with Gasteiger partial charge in [-0.15, -0.1) is 11.6 Å². The van der Waals surface area contributed by atoms with Crippen molar-refractivity contribution in [1.29, 1.82) is 0 Å². The molecule has 1 unspecified atom stereocenters. The van der Waals surface area contributed by atoms with Crippen molar-refractivity contribution in [3.8, 4) is 0 Å². The molecule has 0 fully saturated rings. The number of aliphatic hydroxyl groups excluding tert-OH is 1. The van der Waals surface area contributed by atoms with Crippen LogP contribution in [0.1, 0.15) is 60.3 Å². The Balaban J connectivity index is 3.84. The van der Waals surface area contributed by atoms with Gasteiger partial charge >= 0.3 is 0 Å². The lowest BCUT2D eigenvalue weighted by molar-refractivity contribution is 0.0975. The molecule has 0 bridgehead atoms. The van der Waals surface area contributed by atoms with Crippen LogP contribution in [0.5, 0.6) is 0 Å². The molecule has 0 radical (unpaired) electrons. The van der Waals surface area contributed by atoms with Gasteiger partial charge in [0.15, 0.2) is 0 Å². The molecule has 2 heteroatoms. The summed E-state index contributed by atoms with van der Waals surface area (Å²) in [4.78, 5) is 0. The molecule has 0 heterocycles. The topological polar surface area (TPSA) is 20.2 Å². The number of rotatable bonds is 6. The van der Waals surface area contributed by atoms with E-state index in [0.717, 1.165) is 25.7 Å². The highest BCUT2D eigenvalue weighted by atomic mass is 35.5. The molecular weight excluding hydrogens is 208 g/mol. The van der Waals surface area contributed by atoms with Crippen LogP contribution in [0, 0.1) is 10.8 Å². The molecule has 0 aromatic heterocycles. The fraction of sp³-hybridized carbons (Fsp3) is 1.00. The van der Waals surface area contributed by atoms with Crippen LogP contribution < -0.4 is 0 Å². The van der Waals surface area contributed by atoms with Gasteiger partial charge < -0.3 is 5.11 Å². The number of hydrogen-bond donors (Lipinski definition) is 1. The minimum Gasteiger partial charge on any atom is -0.393 e. The molecule has 0 amide bonds. The van der Waals surface area contributed by atoms with Crippen molar-refractivity contribution < 1.29 is 5.11 Å². The van der Waals surface area contributed by atoms with Gasteiger partial charge in [-0.3, -0.25) is 0 Å². The van der Waals surface area contributed by atoms with Gasteiger partial charge in [0.2, 0.25) is 0 Å². The molecule has 1 N–H and O–H groups in total. The van der Waals surface area contributed by atoms with Crippen LogP contribution in [-0.4, -0.2) is 17.1 Å². The van der Waals surface area contributed by atoms with E-state index >= 15 is 0 Å². The SMILES string of the molecule is CC(C)(C)CC(O)CCC(C)(C)CCCl. The van der Waals surface area contributed by atoms with Gasteiger partial charge in [0.25, 0.3) is 0 Å². The third-order valence-corrected chi connectivity index (χ3v) is 2.96. The Morgan fingerprint density at radius 3 is 2.00 bits per heavy atom. The fourth-order valence-corrected chi connectivity index (χ4v) is 2.26. The van der Waals surface area contributed by atoms with Gasteiger partial charge in [-0.1, -0.05) is 34.6 Å². The number of halogens is 1. The van der Waals surface area contributed by atoms with Crippen LogP contribution in [0.3, 0.4) is 0 Å². The van der Waals surface area contributed by atoms with E-state index in [1.54, 1.807) is 0 Å². The molecule has 0 spiro atoms. The van der Waals surface area contributed by atoms with Crippen LogP contribution in [0.25, 0.3) is 0 Å². The predicted octanol–water partition coefficient (Wildman–Crippen LogP) is 4.22. The van der Waals surface area contributed by atoms with Crippen LogP contribution in [0.15, 0.2) is 0 Å². The molecule has 92 valence electrons. The molecular formula is C13H27ClO. The Labute approximate surface area is 100 Å². The first-order valence-electron chi connectivity index (χ1n) is 5.90. The van der Waals surface area contributed by atoms with Gasteiger partial charge in [0.05, 0.1) is 6.10 Å². The first kappa shape index (κ1) is 15.2. The van der Waals surface area contributed by atoms with E-state index in [0.29, 0.717) is 5.88 Å². The van der Waals surface area contributed by atoms with Crippen molar-refractivity contribution in [2.45, 2.75) is 66.4 Å². The number of aliphatic hydroxyl groups is 1. The van der Waals surface area contributed by atoms with E-state index in [2.05, 4.69) is 34.6 Å². The normalized spacial score (nSPS) is 15.4. The van der Waals surface area contributed by atoms with Crippen LogP contribution in [0.2, 0.25) is 0 Å². The summed E-state index contributed by atoms with van der Waals surface area (Å²) >= 11 is 5.75. The van der Waals surface area contributed by atoms with Crippen molar-refractivity contribution in [2.75, 3.05) is 5.88 Å². The average Bonchev–Trinajstić information content (AvgIpc) is 1.98. The second-order valence-corrected chi connectivity index (χ2v) is 6.94. The zero-order valence-electron chi connectivity index (χ0n) is 10.9. The van der Waals surface area contributed by atoms with E-state index in [1.165, 1.54) is 0 Å². The largest absolute Gasteiger partial charge is 0.393 e. The summed E-state index contributed by atoms with van der Waals surface area (Å²) in [6, 6.07) is 0. The van der Waals surface area contributed by atoms with E-state index in [-0.39, 0.29) is 16.9 Å². The zero-order valence-corrected chi connectivity index (χ0v) is 11.7. The van der Waals surface area contributed by atoms with Crippen molar-refractivity contribution >= 4 is 11.6 Å². The maximum atomic E-state index is 9.88. The minimum absolute atomic E-state index is 0.167. The molecule has 0 saturated heterocycles. The van der Waals surface area contributed by atoms with E-state index < -0.39 is 0 Å². The monoisotopic (exact) mass is 234 g/mol. The zero-order chi connectivity index (χ0) is 12.1. The lowest BCUT2D eigenvalue weighted by Crippen LogP contribution is -2.21. The average molecular weight is 235 g/mol. The summed E-state index contributed by atoms with van der Waals surface area (Å²) in [7, 11) is 0. The number of alkyl halides is 1. The molecule has 0 aromatic rings. The predicted molar refractivity (Wildman–Crippen MR) is 68.4 cm³/mol. The lowest BCUT2D eigenvalue weighted by atomic mass is 9.81. The van der Waals surface area contributed by atoms with Crippen molar-refractivity contribution in [2.24, 2.45) is 10.8 Å². The van der Waals surface area contributed by atoms with E-state index in [4.69, 9.17) is 11.6 Å². The molecule has 0 aliphatic heterocycles. The summed E-state index contributed by atoms with van der Waals surface area (Å²) in [6.45, 7) is 10.9. The fourth-order valence-electron chi connectivity index (χ4n) is 1.75. The lowest BCUT2D eigenvalue weighted by Gasteiger charge is -2.27. The standard InChI is InChI=1S/C13H27ClO/c1-12(2,3)10-11(15)6-7-13(4,5)8-9-14/h11,15H,6-10H2,1-5H3. The van der Waals surface area contributed by atoms with Crippen LogP contribution >= 0.6 is 11.6 Å². The molecule has 0 aromatic carbocycles. The summed E-state index contributed by atoms with van der Waals surface area (Å²) in [5.74, 6) is 0.711. The van der Waals surface area contributed by atoms with Gasteiger partial charge in [-0.05, 0) is 36.5 Å². The van der Waals surface area contributed by atoms with Crippen molar-refractivity contribution in [3.63, 3.8) is 0 Å². The minimum atomic E-state index is -0.167. The highest BCUT2D eigenvalue weighted by molar-refractivity contribution is 6.17. The van der Waals surface area contributed by atoms with Crippen molar-refractivity contribution in [1.82, 2.24) is 0 Å². The molecule has 1 atom stereocenters. The summed E-state index contributed by atoms with van der Waals surface area (Å²) < 4.78 is 0. The summed E-state index contributed by atoms with van der Waals surface area (Å²) in [5.41, 5.74) is 0.483. The molecule has 15 heavy (non-hydrogen) atoms. The molecule has 0 saturated carbocycles. The van der Waals surface area contributed by atoms with Gasteiger partial charge in [-0.25, -0.2) is 0 Å². The molecule has 1 nitrogen and oxygen atoms in total. The third kappa shape index (κ3) is 9.19. The third-order valence-electron chi connectivity index (χ3n) is 2.77. The second kappa shape index (κ2) is 6.10. The first-order chi connectivity index (χ1) is 6.66. The van der Waals surface area contributed by atoms with Gasteiger partial charge in [0.1, 0.15) is 0 Å². The summed E-state index contributed by atoms with van der Waals surface area (Å²) in [6.07, 6.45) is 3.68. The van der Waals surface area contributed by atoms with Crippen molar-refractivity contribution in [3.05, 3.63) is 0 Å². The Morgan fingerprint density at radius 2 is 1.60 bits per heavy atom.